The van der Waals surface area contributed by atoms with Gasteiger partial charge in [-0.25, -0.2) is 21.5 Å². The van der Waals surface area contributed by atoms with Gasteiger partial charge in [-0.05, 0) is 18.2 Å². The van der Waals surface area contributed by atoms with E-state index in [1.165, 1.54) is 4.31 Å². The SMILES string of the molecule is O=C(NCCS(=O)(=O)N1CCSCC1)c1cc(F)ccc1F. The Hall–Kier alpha value is -1.19. The van der Waals surface area contributed by atoms with Crippen LogP contribution in [0, 0.1) is 11.6 Å². The van der Waals surface area contributed by atoms with Crippen LogP contribution in [0.4, 0.5) is 8.78 Å². The highest BCUT2D eigenvalue weighted by Gasteiger charge is 2.24. The van der Waals surface area contributed by atoms with E-state index in [4.69, 9.17) is 0 Å². The predicted molar refractivity (Wildman–Crippen MR) is 81.4 cm³/mol. The topological polar surface area (TPSA) is 66.5 Å². The monoisotopic (exact) mass is 350 g/mol. The first kappa shape index (κ1) is 17.2. The molecule has 122 valence electrons. The van der Waals surface area contributed by atoms with Crippen LogP contribution in [0.25, 0.3) is 0 Å². The molecule has 5 nitrogen and oxygen atoms in total. The van der Waals surface area contributed by atoms with E-state index in [0.717, 1.165) is 29.7 Å². The molecule has 9 heteroatoms. The number of benzene rings is 1. The number of nitrogens with zero attached hydrogens (tertiary/aromatic N) is 1. The molecule has 1 aromatic rings. The molecule has 0 saturated carbocycles. The predicted octanol–water partition coefficient (Wildman–Crippen LogP) is 1.07. The maximum absolute atomic E-state index is 13.4. The summed E-state index contributed by atoms with van der Waals surface area (Å²) in [5, 5.41) is 2.31. The summed E-state index contributed by atoms with van der Waals surface area (Å²) in [5.41, 5.74) is -0.438. The van der Waals surface area contributed by atoms with E-state index in [1.54, 1.807) is 11.8 Å². The third kappa shape index (κ3) is 4.40. The summed E-state index contributed by atoms with van der Waals surface area (Å²) in [4.78, 5) is 11.8. The van der Waals surface area contributed by atoms with Crippen LogP contribution in [0.3, 0.4) is 0 Å². The Bertz CT molecular complexity index is 647. The summed E-state index contributed by atoms with van der Waals surface area (Å²) in [6.07, 6.45) is 0. The highest BCUT2D eigenvalue weighted by atomic mass is 32.2. The van der Waals surface area contributed by atoms with Crippen LogP contribution in [-0.2, 0) is 10.0 Å². The standard InChI is InChI=1S/C13H16F2N2O3S2/c14-10-1-2-12(15)11(9-10)13(18)16-3-8-22(19,20)17-4-6-21-7-5-17/h1-2,9H,3-8H2,(H,16,18). The van der Waals surface area contributed by atoms with Crippen molar-refractivity contribution in [2.45, 2.75) is 0 Å². The molecular formula is C13H16F2N2O3S2. The summed E-state index contributed by atoms with van der Waals surface area (Å²) >= 11 is 1.69. The van der Waals surface area contributed by atoms with Crippen LogP contribution in [0.1, 0.15) is 10.4 Å². The van der Waals surface area contributed by atoms with Crippen molar-refractivity contribution in [3.05, 3.63) is 35.4 Å². The van der Waals surface area contributed by atoms with Gasteiger partial charge in [-0.3, -0.25) is 4.79 Å². The first-order chi connectivity index (χ1) is 10.4. The molecule has 1 aliphatic rings. The number of carbonyl (C=O) groups excluding carboxylic acids is 1. The molecule has 2 rings (SSSR count). The molecule has 0 spiro atoms. The van der Waals surface area contributed by atoms with Gasteiger partial charge in [0.25, 0.3) is 5.91 Å². The van der Waals surface area contributed by atoms with Gasteiger partial charge in [0.2, 0.25) is 10.0 Å². The molecule has 1 fully saturated rings. The van der Waals surface area contributed by atoms with Gasteiger partial charge >= 0.3 is 0 Å². The van der Waals surface area contributed by atoms with Crippen LogP contribution in [-0.4, -0.2) is 55.5 Å². The van der Waals surface area contributed by atoms with Crippen molar-refractivity contribution in [1.29, 1.82) is 0 Å². The van der Waals surface area contributed by atoms with Crippen molar-refractivity contribution >= 4 is 27.7 Å². The second-order valence-electron chi connectivity index (χ2n) is 4.71. The second-order valence-corrected chi connectivity index (χ2v) is 8.02. The number of nitrogens with one attached hydrogen (secondary N) is 1. The van der Waals surface area contributed by atoms with Crippen LogP contribution in [0.5, 0.6) is 0 Å². The minimum atomic E-state index is -3.44. The lowest BCUT2D eigenvalue weighted by atomic mass is 10.2. The Morgan fingerprint density at radius 3 is 2.64 bits per heavy atom. The molecule has 0 atom stereocenters. The fourth-order valence-electron chi connectivity index (χ4n) is 2.01. The largest absolute Gasteiger partial charge is 0.351 e. The molecule has 1 heterocycles. The average Bonchev–Trinajstić information content (AvgIpc) is 2.50. The lowest BCUT2D eigenvalue weighted by molar-refractivity contribution is 0.0951. The van der Waals surface area contributed by atoms with Crippen LogP contribution in [0.2, 0.25) is 0 Å². The van der Waals surface area contributed by atoms with Crippen molar-refractivity contribution in [1.82, 2.24) is 9.62 Å². The Morgan fingerprint density at radius 2 is 1.95 bits per heavy atom. The Morgan fingerprint density at radius 1 is 1.27 bits per heavy atom. The van der Waals surface area contributed by atoms with E-state index in [2.05, 4.69) is 5.32 Å². The third-order valence-electron chi connectivity index (χ3n) is 3.18. The molecule has 0 unspecified atom stereocenters. The summed E-state index contributed by atoms with van der Waals surface area (Å²) in [7, 11) is -3.44. The minimum absolute atomic E-state index is 0.152. The van der Waals surface area contributed by atoms with Crippen molar-refractivity contribution < 1.29 is 22.0 Å². The Labute approximate surface area is 132 Å². The lowest BCUT2D eigenvalue weighted by Crippen LogP contribution is -2.42. The molecule has 1 saturated heterocycles. The van der Waals surface area contributed by atoms with E-state index in [9.17, 15) is 22.0 Å². The van der Waals surface area contributed by atoms with E-state index in [1.807, 2.05) is 0 Å². The molecular weight excluding hydrogens is 334 g/mol. The molecule has 0 radical (unpaired) electrons. The molecule has 0 aromatic heterocycles. The quantitative estimate of drug-likeness (QED) is 0.863. The number of sulfonamides is 1. The van der Waals surface area contributed by atoms with E-state index in [0.29, 0.717) is 13.1 Å². The lowest BCUT2D eigenvalue weighted by Gasteiger charge is -2.25. The first-order valence-electron chi connectivity index (χ1n) is 6.69. The highest BCUT2D eigenvalue weighted by molar-refractivity contribution is 7.99. The number of rotatable bonds is 5. The van der Waals surface area contributed by atoms with Gasteiger partial charge in [0.15, 0.2) is 0 Å². The van der Waals surface area contributed by atoms with Crippen molar-refractivity contribution in [2.75, 3.05) is 36.9 Å². The fraction of sp³-hybridized carbons (Fsp3) is 0.462. The van der Waals surface area contributed by atoms with Crippen molar-refractivity contribution in [3.63, 3.8) is 0 Å². The number of halogens is 2. The van der Waals surface area contributed by atoms with Crippen LogP contribution in [0.15, 0.2) is 18.2 Å². The first-order valence-corrected chi connectivity index (χ1v) is 9.45. The van der Waals surface area contributed by atoms with E-state index >= 15 is 0 Å². The maximum atomic E-state index is 13.4. The summed E-state index contributed by atoms with van der Waals surface area (Å²) < 4.78 is 51.9. The van der Waals surface area contributed by atoms with Crippen LogP contribution < -0.4 is 5.32 Å². The summed E-state index contributed by atoms with van der Waals surface area (Å²) in [6, 6.07) is 2.54. The zero-order valence-corrected chi connectivity index (χ0v) is 13.4. The van der Waals surface area contributed by atoms with Gasteiger partial charge in [0.05, 0.1) is 11.3 Å². The molecule has 22 heavy (non-hydrogen) atoms. The summed E-state index contributed by atoms with van der Waals surface area (Å²) in [6.45, 7) is 0.764. The Kier molecular flexibility index (Phi) is 5.76. The van der Waals surface area contributed by atoms with Gasteiger partial charge in [-0.1, -0.05) is 0 Å². The fourth-order valence-corrected chi connectivity index (χ4v) is 4.51. The number of amides is 1. The molecule has 1 amide bonds. The number of hydrogen-bond donors (Lipinski definition) is 1. The normalized spacial score (nSPS) is 16.5. The van der Waals surface area contributed by atoms with Gasteiger partial charge in [-0.15, -0.1) is 0 Å². The number of hydrogen-bond acceptors (Lipinski definition) is 4. The molecule has 0 bridgehead atoms. The van der Waals surface area contributed by atoms with Gasteiger partial charge in [0, 0.05) is 31.1 Å². The van der Waals surface area contributed by atoms with Gasteiger partial charge in [-0.2, -0.15) is 11.8 Å². The Balaban J connectivity index is 1.90. The summed E-state index contributed by atoms with van der Waals surface area (Å²) in [5.74, 6) is -1.18. The van der Waals surface area contributed by atoms with E-state index < -0.39 is 33.1 Å². The average molecular weight is 350 g/mol. The minimum Gasteiger partial charge on any atom is -0.351 e. The van der Waals surface area contributed by atoms with Crippen molar-refractivity contribution in [3.8, 4) is 0 Å². The molecule has 1 N–H and O–H groups in total. The highest BCUT2D eigenvalue weighted by Crippen LogP contribution is 2.13. The van der Waals surface area contributed by atoms with Gasteiger partial charge < -0.3 is 5.32 Å². The van der Waals surface area contributed by atoms with Crippen LogP contribution >= 0.6 is 11.8 Å². The molecule has 1 aromatic carbocycles. The molecule has 1 aliphatic heterocycles. The zero-order valence-electron chi connectivity index (χ0n) is 11.7. The maximum Gasteiger partial charge on any atom is 0.254 e. The van der Waals surface area contributed by atoms with E-state index in [-0.39, 0.29) is 12.3 Å². The second kappa shape index (κ2) is 7.38. The number of carbonyl (C=O) groups is 1. The zero-order chi connectivity index (χ0) is 16.2. The smallest absolute Gasteiger partial charge is 0.254 e. The number of thioether (sulfide) groups is 1. The third-order valence-corrected chi connectivity index (χ3v) is 6.00. The van der Waals surface area contributed by atoms with Crippen molar-refractivity contribution in [2.24, 2.45) is 0 Å². The molecule has 0 aliphatic carbocycles. The van der Waals surface area contributed by atoms with Gasteiger partial charge in [0.1, 0.15) is 11.6 Å².